The summed E-state index contributed by atoms with van der Waals surface area (Å²) in [6.07, 6.45) is 8.03. The van der Waals surface area contributed by atoms with Gasteiger partial charge in [0, 0.05) is 30.4 Å². The Balaban J connectivity index is 1.33. The fourth-order valence-electron chi connectivity index (χ4n) is 3.53. The van der Waals surface area contributed by atoms with Crippen LogP contribution in [0.2, 0.25) is 5.02 Å². The molecule has 2 N–H and O–H groups in total. The van der Waals surface area contributed by atoms with Crippen molar-refractivity contribution < 1.29 is 4.74 Å². The standard InChI is InChI=1S/C18H22ClN5O/c1-20-18(23-16-8-15-6-7-17(16)25-15)21-9-12-10-22-24(11-12)14-4-2-13(19)3-5-14/h2-5,10-11,15-17H,6-9H2,1H3,(H2,20,21,23). The number of aliphatic imine (C=N–C) groups is 1. The molecule has 25 heavy (non-hydrogen) atoms. The van der Waals surface area contributed by atoms with Crippen molar-refractivity contribution in [3.05, 3.63) is 47.2 Å². The molecule has 0 spiro atoms. The lowest BCUT2D eigenvalue weighted by Crippen LogP contribution is -2.47. The first-order valence-corrected chi connectivity index (χ1v) is 9.01. The molecule has 4 rings (SSSR count). The van der Waals surface area contributed by atoms with Gasteiger partial charge in [-0.05, 0) is 43.5 Å². The van der Waals surface area contributed by atoms with E-state index in [2.05, 4.69) is 20.7 Å². The maximum absolute atomic E-state index is 5.93. The summed E-state index contributed by atoms with van der Waals surface area (Å²) in [5.74, 6) is 0.806. The molecule has 0 radical (unpaired) electrons. The van der Waals surface area contributed by atoms with E-state index in [0.717, 1.165) is 35.1 Å². The molecule has 3 atom stereocenters. The molecule has 2 fully saturated rings. The van der Waals surface area contributed by atoms with Crippen LogP contribution in [0.25, 0.3) is 5.69 Å². The van der Waals surface area contributed by atoms with E-state index in [9.17, 15) is 0 Å². The number of hydrogen-bond acceptors (Lipinski definition) is 3. The van der Waals surface area contributed by atoms with Crippen molar-refractivity contribution in [2.45, 2.75) is 44.1 Å². The molecule has 2 aliphatic rings. The molecular weight excluding hydrogens is 338 g/mol. The Morgan fingerprint density at radius 3 is 2.88 bits per heavy atom. The van der Waals surface area contributed by atoms with Gasteiger partial charge in [-0.3, -0.25) is 4.99 Å². The highest BCUT2D eigenvalue weighted by atomic mass is 35.5. The summed E-state index contributed by atoms with van der Waals surface area (Å²) in [7, 11) is 1.79. The molecule has 7 heteroatoms. The van der Waals surface area contributed by atoms with E-state index in [1.54, 1.807) is 7.05 Å². The second-order valence-electron chi connectivity index (χ2n) is 6.56. The highest BCUT2D eigenvalue weighted by Crippen LogP contribution is 2.34. The Morgan fingerprint density at radius 2 is 2.20 bits per heavy atom. The predicted octanol–water partition coefficient (Wildman–Crippen LogP) is 2.51. The van der Waals surface area contributed by atoms with Gasteiger partial charge < -0.3 is 15.4 Å². The Hall–Kier alpha value is -2.05. The molecule has 0 amide bonds. The normalized spacial score (nSPS) is 25.4. The molecule has 6 nitrogen and oxygen atoms in total. The molecule has 3 heterocycles. The number of rotatable bonds is 4. The van der Waals surface area contributed by atoms with Crippen LogP contribution in [0, 0.1) is 0 Å². The second-order valence-corrected chi connectivity index (χ2v) is 6.99. The van der Waals surface area contributed by atoms with E-state index in [4.69, 9.17) is 16.3 Å². The van der Waals surface area contributed by atoms with Crippen LogP contribution in [0.5, 0.6) is 0 Å². The molecule has 2 aromatic rings. The largest absolute Gasteiger partial charge is 0.373 e. The topological polar surface area (TPSA) is 63.5 Å². The second kappa shape index (κ2) is 7.06. The van der Waals surface area contributed by atoms with Crippen molar-refractivity contribution in [1.29, 1.82) is 0 Å². The first-order valence-electron chi connectivity index (χ1n) is 8.63. The zero-order chi connectivity index (χ0) is 17.2. The summed E-state index contributed by atoms with van der Waals surface area (Å²) < 4.78 is 7.73. The van der Waals surface area contributed by atoms with E-state index in [1.807, 2.05) is 41.3 Å². The molecule has 0 saturated carbocycles. The van der Waals surface area contributed by atoms with Crippen molar-refractivity contribution >= 4 is 17.6 Å². The number of nitrogens with zero attached hydrogens (tertiary/aromatic N) is 3. The molecule has 1 aromatic heterocycles. The van der Waals surface area contributed by atoms with Crippen LogP contribution in [0.3, 0.4) is 0 Å². The highest BCUT2D eigenvalue weighted by molar-refractivity contribution is 6.30. The van der Waals surface area contributed by atoms with Gasteiger partial charge in [0.25, 0.3) is 0 Å². The molecule has 3 unspecified atom stereocenters. The van der Waals surface area contributed by atoms with Crippen molar-refractivity contribution in [3.8, 4) is 5.69 Å². The summed E-state index contributed by atoms with van der Waals surface area (Å²) >= 11 is 5.93. The first kappa shape index (κ1) is 16.4. The molecule has 2 bridgehead atoms. The molecule has 2 aliphatic heterocycles. The van der Waals surface area contributed by atoms with Gasteiger partial charge in [0.05, 0.1) is 30.1 Å². The fourth-order valence-corrected chi connectivity index (χ4v) is 3.66. The van der Waals surface area contributed by atoms with E-state index >= 15 is 0 Å². The van der Waals surface area contributed by atoms with Crippen molar-refractivity contribution in [1.82, 2.24) is 20.4 Å². The summed E-state index contributed by atoms with van der Waals surface area (Å²) in [5.41, 5.74) is 2.07. The van der Waals surface area contributed by atoms with Crippen molar-refractivity contribution in [2.24, 2.45) is 4.99 Å². The highest BCUT2D eigenvalue weighted by Gasteiger charge is 2.41. The number of fused-ring (bicyclic) bond motifs is 2. The quantitative estimate of drug-likeness (QED) is 0.650. The lowest BCUT2D eigenvalue weighted by atomic mass is 9.96. The maximum Gasteiger partial charge on any atom is 0.191 e. The third-order valence-electron chi connectivity index (χ3n) is 4.84. The summed E-state index contributed by atoms with van der Waals surface area (Å²) in [6.45, 7) is 0.662. The number of ether oxygens (including phenoxy) is 1. The fraction of sp³-hybridized carbons (Fsp3) is 0.444. The van der Waals surface area contributed by atoms with Crippen LogP contribution in [0.15, 0.2) is 41.7 Å². The summed E-state index contributed by atoms with van der Waals surface area (Å²) in [5, 5.41) is 12.0. The van der Waals surface area contributed by atoms with Crippen molar-refractivity contribution in [2.75, 3.05) is 7.05 Å². The number of halogens is 1. The van der Waals surface area contributed by atoms with Crippen LogP contribution in [-0.4, -0.2) is 41.0 Å². The average molecular weight is 360 g/mol. The van der Waals surface area contributed by atoms with E-state index in [0.29, 0.717) is 24.8 Å². The summed E-state index contributed by atoms with van der Waals surface area (Å²) in [6, 6.07) is 7.98. The SMILES string of the molecule is CN=C(NCc1cnn(-c2ccc(Cl)cc2)c1)NC1CC2CCC1O2. The van der Waals surface area contributed by atoms with Gasteiger partial charge in [-0.15, -0.1) is 0 Å². The van der Waals surface area contributed by atoms with Crippen molar-refractivity contribution in [3.63, 3.8) is 0 Å². The summed E-state index contributed by atoms with van der Waals surface area (Å²) in [4.78, 5) is 4.32. The van der Waals surface area contributed by atoms with Gasteiger partial charge in [-0.2, -0.15) is 5.10 Å². The average Bonchev–Trinajstić information content (AvgIpc) is 3.36. The zero-order valence-corrected chi connectivity index (χ0v) is 14.9. The third-order valence-corrected chi connectivity index (χ3v) is 5.09. The Bertz CT molecular complexity index is 757. The van der Waals surface area contributed by atoms with E-state index in [1.165, 1.54) is 6.42 Å². The molecule has 2 saturated heterocycles. The smallest absolute Gasteiger partial charge is 0.191 e. The Morgan fingerprint density at radius 1 is 1.36 bits per heavy atom. The van der Waals surface area contributed by atoms with E-state index < -0.39 is 0 Å². The maximum atomic E-state index is 5.93. The van der Waals surface area contributed by atoms with Crippen LogP contribution < -0.4 is 10.6 Å². The van der Waals surface area contributed by atoms with Gasteiger partial charge in [0.1, 0.15) is 0 Å². The minimum Gasteiger partial charge on any atom is -0.373 e. The Labute approximate surface area is 152 Å². The van der Waals surface area contributed by atoms with Gasteiger partial charge in [0.2, 0.25) is 0 Å². The van der Waals surface area contributed by atoms with Gasteiger partial charge in [-0.1, -0.05) is 11.6 Å². The number of hydrogen-bond donors (Lipinski definition) is 2. The number of aromatic nitrogens is 2. The van der Waals surface area contributed by atoms with Gasteiger partial charge >= 0.3 is 0 Å². The molecular formula is C18H22ClN5O. The number of nitrogens with one attached hydrogen (secondary N) is 2. The zero-order valence-electron chi connectivity index (χ0n) is 14.2. The Kier molecular flexibility index (Phi) is 4.63. The number of guanidine groups is 1. The van der Waals surface area contributed by atoms with Crippen LogP contribution in [0.1, 0.15) is 24.8 Å². The third kappa shape index (κ3) is 3.65. The molecule has 0 aliphatic carbocycles. The minimum atomic E-state index is 0.330. The van der Waals surface area contributed by atoms with E-state index in [-0.39, 0.29) is 0 Å². The van der Waals surface area contributed by atoms with Crippen LogP contribution in [-0.2, 0) is 11.3 Å². The minimum absolute atomic E-state index is 0.330. The molecule has 132 valence electrons. The van der Waals surface area contributed by atoms with Gasteiger partial charge in [0.15, 0.2) is 5.96 Å². The lowest BCUT2D eigenvalue weighted by Gasteiger charge is -2.22. The molecule has 1 aromatic carbocycles. The van der Waals surface area contributed by atoms with Gasteiger partial charge in [-0.25, -0.2) is 4.68 Å². The predicted molar refractivity (Wildman–Crippen MR) is 98.2 cm³/mol. The van der Waals surface area contributed by atoms with Crippen LogP contribution in [0.4, 0.5) is 0 Å². The monoisotopic (exact) mass is 359 g/mol. The lowest BCUT2D eigenvalue weighted by molar-refractivity contribution is 0.0992. The first-order chi connectivity index (χ1) is 12.2. The number of benzene rings is 1. The van der Waals surface area contributed by atoms with Crippen LogP contribution >= 0.6 is 11.6 Å².